The molecule has 0 spiro atoms. The number of aromatic carboxylic acids is 1. The van der Waals surface area contributed by atoms with Crippen LogP contribution in [0.4, 0.5) is 0 Å². The summed E-state index contributed by atoms with van der Waals surface area (Å²) >= 11 is 0. The van der Waals surface area contributed by atoms with Gasteiger partial charge in [0.2, 0.25) is 0 Å². The molecular weight excluding hydrogens is 322 g/mol. The van der Waals surface area contributed by atoms with Crippen molar-refractivity contribution in [3.8, 4) is 0 Å². The van der Waals surface area contributed by atoms with Gasteiger partial charge in [0.05, 0.1) is 5.56 Å². The number of amides is 1. The lowest BCUT2D eigenvalue weighted by molar-refractivity contribution is -0.124. The number of benzene rings is 2. The van der Waals surface area contributed by atoms with Crippen molar-refractivity contribution in [1.82, 2.24) is 5.48 Å². The van der Waals surface area contributed by atoms with Crippen molar-refractivity contribution in [2.24, 2.45) is 0 Å². The molecule has 3 N–H and O–H groups in total. The lowest BCUT2D eigenvalue weighted by atomic mass is 10.1. The molecule has 126 valence electrons. The highest BCUT2D eigenvalue weighted by Gasteiger charge is 2.05. The van der Waals surface area contributed by atoms with Crippen LogP contribution in [0, 0.1) is 0 Å². The molecule has 25 heavy (non-hydrogen) atoms. The predicted molar refractivity (Wildman–Crippen MR) is 92.2 cm³/mol. The Labute approximate surface area is 143 Å². The zero-order chi connectivity index (χ0) is 18.2. The molecule has 0 aliphatic heterocycles. The molecule has 0 aliphatic rings. The third-order valence-corrected chi connectivity index (χ3v) is 3.32. The summed E-state index contributed by atoms with van der Waals surface area (Å²) in [6.07, 6.45) is 5.77. The summed E-state index contributed by atoms with van der Waals surface area (Å²) in [4.78, 5) is 33.7. The van der Waals surface area contributed by atoms with Crippen LogP contribution in [0.1, 0.15) is 31.8 Å². The molecule has 0 heterocycles. The van der Waals surface area contributed by atoms with Crippen LogP contribution in [0.25, 0.3) is 12.2 Å². The molecule has 0 aromatic heterocycles. The number of carboxylic acid groups (broad SMARTS) is 1. The van der Waals surface area contributed by atoms with Gasteiger partial charge in [-0.25, -0.2) is 10.3 Å². The van der Waals surface area contributed by atoms with Crippen LogP contribution in [-0.4, -0.2) is 28.0 Å². The minimum atomic E-state index is -1.04. The molecule has 0 saturated carbocycles. The summed E-state index contributed by atoms with van der Waals surface area (Å²) in [7, 11) is 0. The van der Waals surface area contributed by atoms with E-state index in [2.05, 4.69) is 0 Å². The highest BCUT2D eigenvalue weighted by molar-refractivity contribution is 6.07. The fourth-order valence-corrected chi connectivity index (χ4v) is 1.97. The maximum absolute atomic E-state index is 12.1. The quantitative estimate of drug-likeness (QED) is 0.325. The molecule has 0 aliphatic carbocycles. The average molecular weight is 337 g/mol. The molecule has 1 amide bonds. The average Bonchev–Trinajstić information content (AvgIpc) is 2.65. The van der Waals surface area contributed by atoms with Crippen LogP contribution in [0.3, 0.4) is 0 Å². The van der Waals surface area contributed by atoms with Crippen molar-refractivity contribution in [3.63, 3.8) is 0 Å². The third-order valence-electron chi connectivity index (χ3n) is 3.32. The van der Waals surface area contributed by atoms with Gasteiger partial charge in [-0.05, 0) is 35.4 Å². The molecule has 0 fully saturated rings. The van der Waals surface area contributed by atoms with Gasteiger partial charge >= 0.3 is 5.97 Å². The zero-order valence-electron chi connectivity index (χ0n) is 13.0. The van der Waals surface area contributed by atoms with Crippen molar-refractivity contribution in [2.45, 2.75) is 0 Å². The number of allylic oxidation sites excluding steroid dienone is 1. The van der Waals surface area contributed by atoms with E-state index in [1.54, 1.807) is 30.3 Å². The van der Waals surface area contributed by atoms with Crippen molar-refractivity contribution < 1.29 is 24.7 Å². The van der Waals surface area contributed by atoms with Gasteiger partial charge < -0.3 is 5.11 Å². The first-order valence-electron chi connectivity index (χ1n) is 7.27. The van der Waals surface area contributed by atoms with Crippen molar-refractivity contribution in [1.29, 1.82) is 0 Å². The lowest BCUT2D eigenvalue weighted by Gasteiger charge is -1.98. The van der Waals surface area contributed by atoms with Gasteiger partial charge in [0.25, 0.3) is 5.91 Å². The smallest absolute Gasteiger partial charge is 0.335 e. The molecule has 0 saturated heterocycles. The summed E-state index contributed by atoms with van der Waals surface area (Å²) in [6, 6.07) is 12.8. The lowest BCUT2D eigenvalue weighted by Crippen LogP contribution is -2.14. The van der Waals surface area contributed by atoms with E-state index >= 15 is 0 Å². The number of nitrogens with one attached hydrogen (secondary N) is 1. The minimum absolute atomic E-state index is 0.124. The van der Waals surface area contributed by atoms with Gasteiger partial charge in [-0.1, -0.05) is 42.5 Å². The summed E-state index contributed by atoms with van der Waals surface area (Å²) < 4.78 is 0. The highest BCUT2D eigenvalue weighted by atomic mass is 16.5. The molecule has 0 bridgehead atoms. The SMILES string of the molecule is O=C(C=Cc1ccc(C=CC(=O)c2ccc(C(=O)O)cc2)cc1)NO. The Balaban J connectivity index is 2.03. The molecule has 2 rings (SSSR count). The molecule has 2 aromatic carbocycles. The van der Waals surface area contributed by atoms with Gasteiger partial charge in [0, 0.05) is 11.6 Å². The van der Waals surface area contributed by atoms with Crippen LogP contribution >= 0.6 is 0 Å². The van der Waals surface area contributed by atoms with Crippen LogP contribution < -0.4 is 5.48 Å². The number of hydroxylamine groups is 1. The van der Waals surface area contributed by atoms with E-state index in [1.807, 2.05) is 0 Å². The topological polar surface area (TPSA) is 104 Å². The molecule has 0 unspecified atom stereocenters. The molecule has 0 radical (unpaired) electrons. The van der Waals surface area contributed by atoms with E-state index < -0.39 is 11.9 Å². The van der Waals surface area contributed by atoms with Gasteiger partial charge in [0.15, 0.2) is 5.78 Å². The second-order valence-corrected chi connectivity index (χ2v) is 5.06. The molecular formula is C19H15NO5. The zero-order valence-corrected chi connectivity index (χ0v) is 13.0. The highest BCUT2D eigenvalue weighted by Crippen LogP contribution is 2.10. The monoisotopic (exact) mass is 337 g/mol. The van der Waals surface area contributed by atoms with Crippen LogP contribution in [0.15, 0.2) is 60.7 Å². The molecule has 6 heteroatoms. The van der Waals surface area contributed by atoms with E-state index in [4.69, 9.17) is 10.3 Å². The number of carbonyl (C=O) groups excluding carboxylic acids is 2. The Morgan fingerprint density at radius 1 is 0.760 bits per heavy atom. The Kier molecular flexibility index (Phi) is 5.97. The van der Waals surface area contributed by atoms with Crippen LogP contribution in [0.5, 0.6) is 0 Å². The number of carboxylic acids is 1. The standard InChI is InChI=1S/C19H15NO5/c21-17(15-7-9-16(10-8-15)19(23)24)11-5-13-1-3-14(4-2-13)6-12-18(22)20-25/h1-12,25H,(H,20,22)(H,23,24). The number of rotatable bonds is 6. The fraction of sp³-hybridized carbons (Fsp3) is 0. The van der Waals surface area contributed by atoms with E-state index in [-0.39, 0.29) is 11.3 Å². The summed E-state index contributed by atoms with van der Waals surface area (Å²) in [5, 5.41) is 17.2. The number of hydrogen-bond donors (Lipinski definition) is 3. The second-order valence-electron chi connectivity index (χ2n) is 5.06. The van der Waals surface area contributed by atoms with Gasteiger partial charge in [-0.3, -0.25) is 14.8 Å². The number of carbonyl (C=O) groups is 3. The molecule has 2 aromatic rings. The normalized spacial score (nSPS) is 10.9. The Morgan fingerprint density at radius 3 is 1.72 bits per heavy atom. The predicted octanol–water partition coefficient (Wildman–Crippen LogP) is 2.80. The van der Waals surface area contributed by atoms with Gasteiger partial charge in [-0.15, -0.1) is 0 Å². The van der Waals surface area contributed by atoms with Gasteiger partial charge in [-0.2, -0.15) is 0 Å². The van der Waals surface area contributed by atoms with Crippen LogP contribution in [-0.2, 0) is 4.79 Å². The first kappa shape index (κ1) is 17.8. The first-order chi connectivity index (χ1) is 12.0. The minimum Gasteiger partial charge on any atom is -0.478 e. The second kappa shape index (κ2) is 8.37. The number of ketones is 1. The van der Waals surface area contributed by atoms with E-state index in [0.29, 0.717) is 5.56 Å². The molecule has 6 nitrogen and oxygen atoms in total. The van der Waals surface area contributed by atoms with E-state index in [9.17, 15) is 14.4 Å². The van der Waals surface area contributed by atoms with E-state index in [0.717, 1.165) is 11.1 Å². The summed E-state index contributed by atoms with van der Waals surface area (Å²) in [5.41, 5.74) is 3.57. The van der Waals surface area contributed by atoms with E-state index in [1.165, 1.54) is 48.0 Å². The van der Waals surface area contributed by atoms with Crippen molar-refractivity contribution in [2.75, 3.05) is 0 Å². The Morgan fingerprint density at radius 2 is 1.24 bits per heavy atom. The fourth-order valence-electron chi connectivity index (χ4n) is 1.97. The largest absolute Gasteiger partial charge is 0.478 e. The number of hydrogen-bond acceptors (Lipinski definition) is 4. The molecule has 0 atom stereocenters. The summed E-state index contributed by atoms with van der Waals surface area (Å²) in [5.74, 6) is -1.90. The Hall–Kier alpha value is -3.51. The van der Waals surface area contributed by atoms with Gasteiger partial charge in [0.1, 0.15) is 0 Å². The van der Waals surface area contributed by atoms with Crippen LogP contribution in [0.2, 0.25) is 0 Å². The summed E-state index contributed by atoms with van der Waals surface area (Å²) in [6.45, 7) is 0. The maximum Gasteiger partial charge on any atom is 0.335 e. The maximum atomic E-state index is 12.1. The first-order valence-corrected chi connectivity index (χ1v) is 7.27. The van der Waals surface area contributed by atoms with Crippen molar-refractivity contribution >= 4 is 29.8 Å². The van der Waals surface area contributed by atoms with Crippen molar-refractivity contribution in [3.05, 3.63) is 82.9 Å². The third kappa shape index (κ3) is 5.26. The Bertz CT molecular complexity index is 833.